The molecule has 5 rings (SSSR count). The van der Waals surface area contributed by atoms with Crippen molar-refractivity contribution in [2.45, 2.75) is 0 Å². The van der Waals surface area contributed by atoms with E-state index in [1.54, 1.807) is 6.07 Å². The Bertz CT molecular complexity index is 1350. The van der Waals surface area contributed by atoms with Gasteiger partial charge in [-0.1, -0.05) is 54.6 Å². The quantitative estimate of drug-likeness (QED) is 0.314. The third-order valence-electron chi connectivity index (χ3n) is 4.88. The highest BCUT2D eigenvalue weighted by atomic mass is 16.6. The maximum atomic E-state index is 11.8. The maximum absolute atomic E-state index is 11.8. The van der Waals surface area contributed by atoms with E-state index in [0.29, 0.717) is 5.65 Å². The van der Waals surface area contributed by atoms with Crippen molar-refractivity contribution in [1.82, 2.24) is 9.55 Å². The molecule has 0 aliphatic rings. The van der Waals surface area contributed by atoms with E-state index >= 15 is 0 Å². The molecule has 2 aromatic heterocycles. The van der Waals surface area contributed by atoms with Crippen molar-refractivity contribution in [3.63, 3.8) is 0 Å². The fraction of sp³-hybridized carbons (Fsp3) is 0. The summed E-state index contributed by atoms with van der Waals surface area (Å²) in [6.45, 7) is 0. The summed E-state index contributed by atoms with van der Waals surface area (Å²) < 4.78 is 2.03. The highest BCUT2D eigenvalue weighted by Gasteiger charge is 2.22. The van der Waals surface area contributed by atoms with Gasteiger partial charge in [0.05, 0.1) is 10.4 Å². The van der Waals surface area contributed by atoms with Gasteiger partial charge in [-0.3, -0.25) is 14.7 Å². The molecule has 1 N–H and O–H groups in total. The number of hydrogen-bond acceptors (Lipinski definition) is 4. The Morgan fingerprint density at radius 3 is 2.21 bits per heavy atom. The molecular weight excluding hydrogens is 364 g/mol. The molecule has 0 unspecified atom stereocenters. The molecule has 0 saturated heterocycles. The molecule has 0 saturated carbocycles. The lowest BCUT2D eigenvalue weighted by Gasteiger charge is -2.09. The number of nitro groups is 1. The van der Waals surface area contributed by atoms with Crippen LogP contribution in [0.25, 0.3) is 27.6 Å². The van der Waals surface area contributed by atoms with Crippen molar-refractivity contribution in [2.75, 3.05) is 5.32 Å². The standard InChI is InChI=1S/C23H16N4O2/c28-27(29)21-15-19-18-13-7-8-14-20(18)26(17-11-5-2-6-12-17)23(19)25-22(21)24-16-9-3-1-4-10-16/h1-15H,(H,24,25). The maximum Gasteiger partial charge on any atom is 0.312 e. The normalized spacial score (nSPS) is 11.0. The molecule has 6 heteroatoms. The zero-order chi connectivity index (χ0) is 19.8. The number of nitrogens with zero attached hydrogens (tertiary/aromatic N) is 3. The van der Waals surface area contributed by atoms with Crippen LogP contribution in [-0.4, -0.2) is 14.5 Å². The Labute approximate surface area is 166 Å². The second-order valence-corrected chi connectivity index (χ2v) is 6.66. The van der Waals surface area contributed by atoms with E-state index in [1.165, 1.54) is 0 Å². The fourth-order valence-corrected chi connectivity index (χ4v) is 3.60. The molecule has 0 bridgehead atoms. The van der Waals surface area contributed by atoms with Gasteiger partial charge in [0.1, 0.15) is 5.65 Å². The first-order chi connectivity index (χ1) is 14.2. The van der Waals surface area contributed by atoms with Crippen molar-refractivity contribution in [3.05, 3.63) is 101 Å². The molecule has 0 aliphatic carbocycles. The first-order valence-electron chi connectivity index (χ1n) is 9.18. The van der Waals surface area contributed by atoms with Crippen LogP contribution in [-0.2, 0) is 0 Å². The largest absolute Gasteiger partial charge is 0.334 e. The van der Waals surface area contributed by atoms with E-state index in [1.807, 2.05) is 89.5 Å². The van der Waals surface area contributed by atoms with Gasteiger partial charge >= 0.3 is 5.69 Å². The Hall–Kier alpha value is -4.19. The topological polar surface area (TPSA) is 73.0 Å². The average molecular weight is 380 g/mol. The zero-order valence-electron chi connectivity index (χ0n) is 15.3. The minimum absolute atomic E-state index is 0.0580. The fourth-order valence-electron chi connectivity index (χ4n) is 3.60. The summed E-state index contributed by atoms with van der Waals surface area (Å²) in [5, 5.41) is 16.6. The van der Waals surface area contributed by atoms with E-state index in [9.17, 15) is 10.1 Å². The van der Waals surface area contributed by atoms with Crippen LogP contribution in [0.1, 0.15) is 0 Å². The van der Waals surface area contributed by atoms with Crippen LogP contribution in [0.5, 0.6) is 0 Å². The minimum Gasteiger partial charge on any atom is -0.334 e. The van der Waals surface area contributed by atoms with E-state index in [2.05, 4.69) is 5.32 Å². The van der Waals surface area contributed by atoms with Crippen molar-refractivity contribution < 1.29 is 4.92 Å². The van der Waals surface area contributed by atoms with Gasteiger partial charge in [0.15, 0.2) is 0 Å². The molecular formula is C23H16N4O2. The van der Waals surface area contributed by atoms with Crippen LogP contribution in [0.2, 0.25) is 0 Å². The van der Waals surface area contributed by atoms with Gasteiger partial charge in [0.25, 0.3) is 0 Å². The number of fused-ring (bicyclic) bond motifs is 3. The Morgan fingerprint density at radius 1 is 0.828 bits per heavy atom. The van der Waals surface area contributed by atoms with Crippen molar-refractivity contribution in [2.24, 2.45) is 0 Å². The van der Waals surface area contributed by atoms with E-state index in [-0.39, 0.29) is 11.5 Å². The van der Waals surface area contributed by atoms with Gasteiger partial charge in [-0.05, 0) is 30.3 Å². The summed E-state index contributed by atoms with van der Waals surface area (Å²) in [5.74, 6) is 0.216. The SMILES string of the molecule is O=[N+]([O-])c1cc2c3ccccc3n(-c3ccccc3)c2nc1Nc1ccccc1. The average Bonchev–Trinajstić information content (AvgIpc) is 3.08. The monoisotopic (exact) mass is 380 g/mol. The number of rotatable bonds is 4. The Kier molecular flexibility index (Phi) is 3.95. The van der Waals surface area contributed by atoms with Crippen LogP contribution >= 0.6 is 0 Å². The van der Waals surface area contributed by atoms with Crippen LogP contribution < -0.4 is 5.32 Å². The number of aromatic nitrogens is 2. The first kappa shape index (κ1) is 16.9. The van der Waals surface area contributed by atoms with Crippen molar-refractivity contribution in [1.29, 1.82) is 0 Å². The molecule has 6 nitrogen and oxygen atoms in total. The third-order valence-corrected chi connectivity index (χ3v) is 4.88. The number of hydrogen-bond donors (Lipinski definition) is 1. The smallest absolute Gasteiger partial charge is 0.312 e. The molecule has 0 atom stereocenters. The summed E-state index contributed by atoms with van der Waals surface area (Å²) in [7, 11) is 0. The molecule has 0 radical (unpaired) electrons. The first-order valence-corrected chi connectivity index (χ1v) is 9.18. The summed E-state index contributed by atoms with van der Waals surface area (Å²) in [4.78, 5) is 16.1. The number of nitrogens with one attached hydrogen (secondary N) is 1. The molecule has 0 aliphatic heterocycles. The lowest BCUT2D eigenvalue weighted by molar-refractivity contribution is -0.384. The van der Waals surface area contributed by atoms with Gasteiger partial charge in [-0.25, -0.2) is 4.98 Å². The second kappa shape index (κ2) is 6.76. The third kappa shape index (κ3) is 2.87. The molecule has 0 amide bonds. The molecule has 0 fully saturated rings. The van der Waals surface area contributed by atoms with Gasteiger partial charge in [0.2, 0.25) is 5.82 Å². The summed E-state index contributed by atoms with van der Waals surface area (Å²) >= 11 is 0. The molecule has 3 aromatic carbocycles. The summed E-state index contributed by atoms with van der Waals surface area (Å²) in [5.41, 5.74) is 3.25. The van der Waals surface area contributed by atoms with E-state index < -0.39 is 4.92 Å². The van der Waals surface area contributed by atoms with E-state index in [4.69, 9.17) is 4.98 Å². The van der Waals surface area contributed by atoms with Gasteiger partial charge in [-0.2, -0.15) is 0 Å². The highest BCUT2D eigenvalue weighted by Crippen LogP contribution is 2.36. The van der Waals surface area contributed by atoms with Crippen molar-refractivity contribution >= 4 is 39.1 Å². The molecule has 140 valence electrons. The highest BCUT2D eigenvalue weighted by molar-refractivity contribution is 6.09. The predicted octanol–water partition coefficient (Wildman–Crippen LogP) is 5.83. The number of pyridine rings is 1. The molecule has 0 spiro atoms. The van der Waals surface area contributed by atoms with Gasteiger partial charge in [0, 0.05) is 28.2 Å². The van der Waals surface area contributed by atoms with Crippen LogP contribution in [0.15, 0.2) is 91.0 Å². The van der Waals surface area contributed by atoms with Crippen LogP contribution in [0.4, 0.5) is 17.2 Å². The zero-order valence-corrected chi connectivity index (χ0v) is 15.3. The predicted molar refractivity (Wildman–Crippen MR) is 115 cm³/mol. The van der Waals surface area contributed by atoms with Crippen molar-refractivity contribution in [3.8, 4) is 5.69 Å². The minimum atomic E-state index is -0.396. The lowest BCUT2D eigenvalue weighted by Crippen LogP contribution is -2.02. The molecule has 2 heterocycles. The number of benzene rings is 3. The number of anilines is 2. The number of para-hydroxylation sites is 3. The lowest BCUT2D eigenvalue weighted by atomic mass is 10.2. The summed E-state index contributed by atoms with van der Waals surface area (Å²) in [6, 6.07) is 28.7. The van der Waals surface area contributed by atoms with Crippen LogP contribution in [0.3, 0.4) is 0 Å². The van der Waals surface area contributed by atoms with E-state index in [0.717, 1.165) is 27.7 Å². The van der Waals surface area contributed by atoms with Gasteiger partial charge < -0.3 is 5.32 Å². The summed E-state index contributed by atoms with van der Waals surface area (Å²) in [6.07, 6.45) is 0. The van der Waals surface area contributed by atoms with Crippen LogP contribution in [0, 0.1) is 10.1 Å². The van der Waals surface area contributed by atoms with Gasteiger partial charge in [-0.15, -0.1) is 0 Å². The Morgan fingerprint density at radius 2 is 1.48 bits per heavy atom. The molecule has 5 aromatic rings. The second-order valence-electron chi connectivity index (χ2n) is 6.66. The Balaban J connectivity index is 1.84. The molecule has 29 heavy (non-hydrogen) atoms.